The van der Waals surface area contributed by atoms with Gasteiger partial charge in [-0.05, 0) is 35.9 Å². The Morgan fingerprint density at radius 3 is 2.53 bits per heavy atom. The number of nitrogens with one attached hydrogen (secondary N) is 1. The Balaban J connectivity index is 1.61. The van der Waals surface area contributed by atoms with E-state index in [4.69, 9.17) is 15.2 Å². The molecule has 0 saturated carbocycles. The van der Waals surface area contributed by atoms with Crippen molar-refractivity contribution >= 4 is 17.6 Å². The molecular weight excluding hydrogens is 422 g/mol. The second-order valence-corrected chi connectivity index (χ2v) is 6.57. The highest BCUT2D eigenvalue weighted by atomic mass is 19.1. The van der Waals surface area contributed by atoms with Crippen molar-refractivity contribution in [1.82, 2.24) is 9.88 Å². The Kier molecular flexibility index (Phi) is 7.29. The van der Waals surface area contributed by atoms with Crippen molar-refractivity contribution in [3.8, 4) is 17.4 Å². The standard InChI is InChI=1S/C22H20F2N4O4/c1-28(21(29)10-14-2-4-15(23)5-3-14)22(30)27-16-6-7-19(18(24)11-16)32-17-8-9-26-20(12-17)31-13-25/h2-9,11-12H,10,13,25H2,1H3,(H,27,30). The van der Waals surface area contributed by atoms with Crippen molar-refractivity contribution in [3.05, 3.63) is 78.0 Å². The van der Waals surface area contributed by atoms with Gasteiger partial charge in [0.25, 0.3) is 0 Å². The summed E-state index contributed by atoms with van der Waals surface area (Å²) in [6, 6.07) is 11.4. The van der Waals surface area contributed by atoms with Crippen LogP contribution >= 0.6 is 0 Å². The zero-order chi connectivity index (χ0) is 23.1. The second-order valence-electron chi connectivity index (χ2n) is 6.57. The average molecular weight is 442 g/mol. The molecule has 0 fully saturated rings. The van der Waals surface area contributed by atoms with Gasteiger partial charge in [-0.25, -0.2) is 18.6 Å². The highest BCUT2D eigenvalue weighted by Crippen LogP contribution is 2.28. The highest BCUT2D eigenvalue weighted by Gasteiger charge is 2.18. The van der Waals surface area contributed by atoms with Gasteiger partial charge in [0.1, 0.15) is 18.3 Å². The number of halogens is 2. The maximum atomic E-state index is 14.5. The molecule has 1 heterocycles. The minimum absolute atomic E-state index is 0.0694. The van der Waals surface area contributed by atoms with E-state index in [0.29, 0.717) is 5.56 Å². The molecule has 3 rings (SSSR count). The maximum Gasteiger partial charge on any atom is 0.328 e. The molecule has 3 N–H and O–H groups in total. The van der Waals surface area contributed by atoms with Crippen LogP contribution in [0.3, 0.4) is 0 Å². The van der Waals surface area contributed by atoms with Gasteiger partial charge in [-0.3, -0.25) is 15.4 Å². The summed E-state index contributed by atoms with van der Waals surface area (Å²) >= 11 is 0. The first-order valence-electron chi connectivity index (χ1n) is 9.44. The Morgan fingerprint density at radius 1 is 1.09 bits per heavy atom. The number of benzene rings is 2. The predicted molar refractivity (Wildman–Crippen MR) is 112 cm³/mol. The zero-order valence-electron chi connectivity index (χ0n) is 17.0. The number of carbonyl (C=O) groups is 2. The van der Waals surface area contributed by atoms with E-state index < -0.39 is 23.6 Å². The number of imide groups is 1. The van der Waals surface area contributed by atoms with Gasteiger partial charge >= 0.3 is 6.03 Å². The third kappa shape index (κ3) is 5.99. The number of nitrogens with zero attached hydrogens (tertiary/aromatic N) is 2. The topological polar surface area (TPSA) is 107 Å². The number of hydrogen-bond donors (Lipinski definition) is 2. The van der Waals surface area contributed by atoms with Gasteiger partial charge in [-0.1, -0.05) is 12.1 Å². The molecule has 0 saturated heterocycles. The molecule has 2 aromatic carbocycles. The fourth-order valence-corrected chi connectivity index (χ4v) is 2.62. The molecule has 10 heteroatoms. The number of carbonyl (C=O) groups excluding carboxylic acids is 2. The Labute approximate surface area is 182 Å². The molecule has 0 aliphatic rings. The van der Waals surface area contributed by atoms with Crippen LogP contribution in [-0.2, 0) is 11.2 Å². The molecular formula is C22H20F2N4O4. The third-order valence-corrected chi connectivity index (χ3v) is 4.30. The van der Waals surface area contributed by atoms with Crippen LogP contribution < -0.4 is 20.5 Å². The fourth-order valence-electron chi connectivity index (χ4n) is 2.62. The molecule has 0 bridgehead atoms. The van der Waals surface area contributed by atoms with E-state index in [1.165, 1.54) is 61.8 Å². The third-order valence-electron chi connectivity index (χ3n) is 4.30. The molecule has 3 aromatic rings. The molecule has 0 spiro atoms. The molecule has 0 aliphatic heterocycles. The van der Waals surface area contributed by atoms with Gasteiger partial charge in [0.05, 0.1) is 6.42 Å². The maximum absolute atomic E-state index is 14.5. The number of pyridine rings is 1. The fraction of sp³-hybridized carbons (Fsp3) is 0.136. The van der Waals surface area contributed by atoms with E-state index >= 15 is 0 Å². The minimum atomic E-state index is -0.747. The monoisotopic (exact) mass is 442 g/mol. The average Bonchev–Trinajstić information content (AvgIpc) is 2.77. The first-order valence-corrected chi connectivity index (χ1v) is 9.44. The summed E-state index contributed by atoms with van der Waals surface area (Å²) in [5.41, 5.74) is 5.97. The van der Waals surface area contributed by atoms with Crippen LogP contribution in [0.2, 0.25) is 0 Å². The minimum Gasteiger partial charge on any atom is -0.462 e. The lowest BCUT2D eigenvalue weighted by molar-refractivity contribution is -0.126. The van der Waals surface area contributed by atoms with Crippen LogP contribution in [0.5, 0.6) is 17.4 Å². The van der Waals surface area contributed by atoms with Crippen LogP contribution in [-0.4, -0.2) is 35.6 Å². The molecule has 8 nitrogen and oxygen atoms in total. The van der Waals surface area contributed by atoms with Gasteiger partial charge < -0.3 is 14.8 Å². The Bertz CT molecular complexity index is 1110. The molecule has 32 heavy (non-hydrogen) atoms. The predicted octanol–water partition coefficient (Wildman–Crippen LogP) is 3.68. The number of urea groups is 1. The van der Waals surface area contributed by atoms with Crippen LogP contribution in [0.25, 0.3) is 0 Å². The van der Waals surface area contributed by atoms with Crippen molar-refractivity contribution in [2.45, 2.75) is 6.42 Å². The van der Waals surface area contributed by atoms with Gasteiger partial charge in [-0.2, -0.15) is 0 Å². The van der Waals surface area contributed by atoms with Crippen LogP contribution in [0.15, 0.2) is 60.8 Å². The number of aromatic nitrogens is 1. The normalized spacial score (nSPS) is 10.4. The first-order chi connectivity index (χ1) is 15.4. The summed E-state index contributed by atoms with van der Waals surface area (Å²) in [6.45, 7) is -0.0694. The molecule has 3 amide bonds. The summed E-state index contributed by atoms with van der Waals surface area (Å²) in [4.78, 5) is 29.4. The first kappa shape index (κ1) is 22.6. The number of amides is 3. The Hall–Kier alpha value is -4.05. The van der Waals surface area contributed by atoms with Gasteiger partial charge in [0.15, 0.2) is 11.6 Å². The van der Waals surface area contributed by atoms with Crippen LogP contribution in [0.1, 0.15) is 5.56 Å². The summed E-state index contributed by atoms with van der Waals surface area (Å²) in [5.74, 6) is -1.25. The van der Waals surface area contributed by atoms with E-state index in [2.05, 4.69) is 10.3 Å². The van der Waals surface area contributed by atoms with E-state index in [1.807, 2.05) is 0 Å². The summed E-state index contributed by atoms with van der Waals surface area (Å²) in [5, 5.41) is 2.44. The molecule has 0 atom stereocenters. The van der Waals surface area contributed by atoms with Crippen molar-refractivity contribution in [1.29, 1.82) is 0 Å². The zero-order valence-corrected chi connectivity index (χ0v) is 17.0. The van der Waals surface area contributed by atoms with E-state index in [0.717, 1.165) is 11.0 Å². The number of nitrogens with two attached hydrogens (primary N) is 1. The summed E-state index contributed by atoms with van der Waals surface area (Å²) in [6.07, 6.45) is 1.33. The smallest absolute Gasteiger partial charge is 0.328 e. The lowest BCUT2D eigenvalue weighted by atomic mass is 10.1. The SMILES string of the molecule is CN(C(=O)Cc1ccc(F)cc1)C(=O)Nc1ccc(Oc2ccnc(OCN)c2)c(F)c1. The summed E-state index contributed by atoms with van der Waals surface area (Å²) in [7, 11) is 1.29. The largest absolute Gasteiger partial charge is 0.462 e. The van der Waals surface area contributed by atoms with Gasteiger partial charge in [0.2, 0.25) is 11.8 Å². The van der Waals surface area contributed by atoms with E-state index in [-0.39, 0.29) is 36.2 Å². The molecule has 0 unspecified atom stereocenters. The van der Waals surface area contributed by atoms with Crippen LogP contribution in [0.4, 0.5) is 19.3 Å². The van der Waals surface area contributed by atoms with E-state index in [9.17, 15) is 18.4 Å². The Morgan fingerprint density at radius 2 is 1.84 bits per heavy atom. The number of ether oxygens (including phenoxy) is 2. The van der Waals surface area contributed by atoms with Gasteiger partial charge in [-0.15, -0.1) is 0 Å². The molecule has 0 aliphatic carbocycles. The van der Waals surface area contributed by atoms with Crippen molar-refractivity contribution in [2.75, 3.05) is 19.1 Å². The molecule has 166 valence electrons. The number of hydrogen-bond acceptors (Lipinski definition) is 6. The highest BCUT2D eigenvalue weighted by molar-refractivity contribution is 6.01. The van der Waals surface area contributed by atoms with Crippen molar-refractivity contribution in [2.24, 2.45) is 5.73 Å². The molecule has 1 aromatic heterocycles. The quantitative estimate of drug-likeness (QED) is 0.541. The molecule has 0 radical (unpaired) electrons. The van der Waals surface area contributed by atoms with E-state index in [1.54, 1.807) is 0 Å². The van der Waals surface area contributed by atoms with Crippen molar-refractivity contribution < 1.29 is 27.8 Å². The lowest BCUT2D eigenvalue weighted by Crippen LogP contribution is -2.37. The second kappa shape index (κ2) is 10.3. The van der Waals surface area contributed by atoms with Gasteiger partial charge in [0, 0.05) is 31.1 Å². The number of anilines is 1. The summed E-state index contributed by atoms with van der Waals surface area (Å²) < 4.78 is 38.0. The number of likely N-dealkylation sites (N-methyl/N-ethyl adjacent to an activating group) is 1. The van der Waals surface area contributed by atoms with Crippen LogP contribution in [0, 0.1) is 11.6 Å². The lowest BCUT2D eigenvalue weighted by Gasteiger charge is -2.17. The number of rotatable bonds is 7. The van der Waals surface area contributed by atoms with Crippen molar-refractivity contribution in [3.63, 3.8) is 0 Å².